The fraction of sp³-hybridized carbons (Fsp3) is 0.222. The second-order valence-corrected chi connectivity index (χ2v) is 7.90. The quantitative estimate of drug-likeness (QED) is 0.535. The molecule has 1 aliphatic carbocycles. The van der Waals surface area contributed by atoms with Gasteiger partial charge in [-0.3, -0.25) is 4.79 Å². The molecule has 0 unspecified atom stereocenters. The minimum absolute atomic E-state index is 0.317. The summed E-state index contributed by atoms with van der Waals surface area (Å²) in [6.07, 6.45) is -0.0760. The maximum Gasteiger partial charge on any atom is 0.414 e. The van der Waals surface area contributed by atoms with E-state index in [1.54, 1.807) is 12.1 Å². The summed E-state index contributed by atoms with van der Waals surface area (Å²) in [5.41, 5.74) is 1.95. The summed E-state index contributed by atoms with van der Waals surface area (Å²) in [7, 11) is 0. The van der Waals surface area contributed by atoms with Gasteiger partial charge >= 0.3 is 6.09 Å². The van der Waals surface area contributed by atoms with E-state index in [0.717, 1.165) is 21.3 Å². The number of carbonyl (C=O) groups excluding carboxylic acids is 2. The lowest BCUT2D eigenvalue weighted by Gasteiger charge is -2.22. The van der Waals surface area contributed by atoms with E-state index in [2.05, 4.69) is 15.6 Å². The van der Waals surface area contributed by atoms with Crippen molar-refractivity contribution in [3.63, 3.8) is 0 Å². The molecule has 4 N–H and O–H groups in total. The van der Waals surface area contributed by atoms with Gasteiger partial charge in [0, 0.05) is 11.5 Å². The average molecular weight is 406 g/mol. The highest BCUT2D eigenvalue weighted by atomic mass is 35.5. The molecule has 7 nitrogen and oxygen atoms in total. The lowest BCUT2D eigenvalue weighted by atomic mass is 10.1. The number of hydrogen-bond donors (Lipinski definition) is 4. The number of fused-ring (bicyclic) bond motifs is 2. The summed E-state index contributed by atoms with van der Waals surface area (Å²) >= 11 is 7.30. The van der Waals surface area contributed by atoms with Crippen LogP contribution in [0.5, 0.6) is 5.88 Å². The van der Waals surface area contributed by atoms with Crippen molar-refractivity contribution in [3.8, 4) is 5.88 Å². The van der Waals surface area contributed by atoms with Crippen molar-refractivity contribution in [1.29, 1.82) is 0 Å². The number of halogens is 1. The molecule has 27 heavy (non-hydrogen) atoms. The third kappa shape index (κ3) is 3.64. The Morgan fingerprint density at radius 2 is 2.11 bits per heavy atom. The minimum atomic E-state index is -0.629. The Bertz CT molecular complexity index is 984. The van der Waals surface area contributed by atoms with Crippen molar-refractivity contribution in [1.82, 2.24) is 15.6 Å². The van der Waals surface area contributed by atoms with Gasteiger partial charge in [-0.25, -0.2) is 4.79 Å². The van der Waals surface area contributed by atoms with Crippen LogP contribution in [0.2, 0.25) is 4.34 Å². The first kappa shape index (κ1) is 17.8. The number of hydrogen-bond acceptors (Lipinski definition) is 5. The Hall–Kier alpha value is -2.55. The number of amides is 2. The number of aromatic amines is 1. The maximum absolute atomic E-state index is 12.3. The van der Waals surface area contributed by atoms with Gasteiger partial charge in [-0.2, -0.15) is 0 Å². The van der Waals surface area contributed by atoms with Gasteiger partial charge in [-0.05, 0) is 23.6 Å². The van der Waals surface area contributed by atoms with Crippen LogP contribution in [0.15, 0.2) is 36.4 Å². The molecule has 9 heteroatoms. The highest BCUT2D eigenvalue weighted by Crippen LogP contribution is 2.33. The molecule has 0 bridgehead atoms. The van der Waals surface area contributed by atoms with Crippen LogP contribution in [-0.2, 0) is 11.2 Å². The van der Waals surface area contributed by atoms with Crippen LogP contribution in [0.4, 0.5) is 4.79 Å². The smallest absolute Gasteiger partial charge is 0.393 e. The van der Waals surface area contributed by atoms with Gasteiger partial charge in [0.2, 0.25) is 11.8 Å². The normalized spacial score (nSPS) is 18.3. The van der Waals surface area contributed by atoms with Crippen molar-refractivity contribution in [2.45, 2.75) is 18.5 Å². The molecule has 3 aromatic rings. The Labute approximate surface area is 163 Å². The van der Waals surface area contributed by atoms with Crippen molar-refractivity contribution in [2.24, 2.45) is 0 Å². The van der Waals surface area contributed by atoms with Gasteiger partial charge in [-0.15, -0.1) is 11.3 Å². The van der Waals surface area contributed by atoms with E-state index >= 15 is 0 Å². The van der Waals surface area contributed by atoms with Crippen molar-refractivity contribution >= 4 is 45.2 Å². The minimum Gasteiger partial charge on any atom is -0.393 e. The maximum atomic E-state index is 12.3. The predicted molar refractivity (Wildman–Crippen MR) is 102 cm³/mol. The van der Waals surface area contributed by atoms with E-state index in [4.69, 9.17) is 21.4 Å². The number of rotatable bonds is 4. The largest absolute Gasteiger partial charge is 0.414 e. The first-order valence-corrected chi connectivity index (χ1v) is 9.47. The van der Waals surface area contributed by atoms with Crippen molar-refractivity contribution in [3.05, 3.63) is 51.9 Å². The van der Waals surface area contributed by atoms with Crippen LogP contribution in [-0.4, -0.2) is 34.7 Å². The van der Waals surface area contributed by atoms with Crippen molar-refractivity contribution < 1.29 is 19.4 Å². The van der Waals surface area contributed by atoms with E-state index < -0.39 is 24.6 Å². The van der Waals surface area contributed by atoms with E-state index in [9.17, 15) is 9.59 Å². The molecule has 2 amide bonds. The Balaban J connectivity index is 1.47. The SMILES string of the molecule is O=C(CO)N[C@@H]1c2ccccc2C[C@H]1NC(=O)Oc1cc2cc(Cl)sc2[nH]1. The monoisotopic (exact) mass is 405 g/mol. The molecular weight excluding hydrogens is 390 g/mol. The summed E-state index contributed by atoms with van der Waals surface area (Å²) in [5, 5.41) is 15.5. The number of nitrogens with one attached hydrogen (secondary N) is 3. The van der Waals surface area contributed by atoms with E-state index in [1.807, 2.05) is 24.3 Å². The summed E-state index contributed by atoms with van der Waals surface area (Å²) in [6.45, 7) is -0.613. The van der Waals surface area contributed by atoms with Gasteiger partial charge < -0.3 is 25.5 Å². The molecule has 0 saturated carbocycles. The van der Waals surface area contributed by atoms with Crippen LogP contribution in [0.25, 0.3) is 10.2 Å². The second kappa shape index (κ2) is 7.22. The Morgan fingerprint density at radius 1 is 1.30 bits per heavy atom. The summed E-state index contributed by atoms with van der Waals surface area (Å²) < 4.78 is 5.99. The summed E-state index contributed by atoms with van der Waals surface area (Å²) in [4.78, 5) is 27.8. The molecule has 4 rings (SSSR count). The van der Waals surface area contributed by atoms with Gasteiger partial charge in [-0.1, -0.05) is 35.9 Å². The zero-order chi connectivity index (χ0) is 19.0. The molecule has 2 aromatic heterocycles. The first-order chi connectivity index (χ1) is 13.0. The number of carbonyl (C=O) groups is 2. The molecule has 0 radical (unpaired) electrons. The number of thiophene rings is 1. The fourth-order valence-electron chi connectivity index (χ4n) is 3.33. The third-order valence-electron chi connectivity index (χ3n) is 4.45. The molecule has 0 saturated heterocycles. The van der Waals surface area contributed by atoms with Crippen molar-refractivity contribution in [2.75, 3.05) is 6.61 Å². The second-order valence-electron chi connectivity index (χ2n) is 6.22. The third-order valence-corrected chi connectivity index (χ3v) is 5.65. The number of aliphatic hydroxyl groups is 1. The lowest BCUT2D eigenvalue weighted by molar-refractivity contribution is -0.124. The standard InChI is InChI=1S/C18H16ClN3O4S/c19-13-6-10-7-15(22-17(10)27-13)26-18(25)20-12-5-9-3-1-2-4-11(9)16(12)21-14(24)8-23/h1-4,6-7,12,16,22-23H,5,8H2,(H,20,25)(H,21,24)/t12-,16-/m1/s1. The highest BCUT2D eigenvalue weighted by Gasteiger charge is 2.34. The van der Waals surface area contributed by atoms with E-state index in [0.29, 0.717) is 16.6 Å². The number of benzene rings is 1. The number of aliphatic hydroxyl groups excluding tert-OH is 1. The molecule has 0 fully saturated rings. The van der Waals surface area contributed by atoms with Crippen LogP contribution in [0.1, 0.15) is 17.2 Å². The molecule has 0 spiro atoms. The number of H-pyrrole nitrogens is 1. The highest BCUT2D eigenvalue weighted by molar-refractivity contribution is 7.22. The molecule has 2 heterocycles. The number of ether oxygens (including phenoxy) is 1. The zero-order valence-corrected chi connectivity index (χ0v) is 15.6. The van der Waals surface area contributed by atoms with Gasteiger partial charge in [0.25, 0.3) is 0 Å². The summed E-state index contributed by atoms with van der Waals surface area (Å²) in [5.74, 6) is -0.185. The summed E-state index contributed by atoms with van der Waals surface area (Å²) in [6, 6.07) is 10.3. The molecule has 2 atom stereocenters. The van der Waals surface area contributed by atoms with Gasteiger partial charge in [0.15, 0.2) is 0 Å². The zero-order valence-electron chi connectivity index (χ0n) is 14.0. The van der Waals surface area contributed by atoms with Gasteiger partial charge in [0.05, 0.1) is 16.4 Å². The molecule has 0 aliphatic heterocycles. The van der Waals surface area contributed by atoms with Gasteiger partial charge in [0.1, 0.15) is 11.4 Å². The molecule has 140 valence electrons. The fourth-order valence-corrected chi connectivity index (χ4v) is 4.45. The first-order valence-electron chi connectivity index (χ1n) is 8.28. The average Bonchev–Trinajstić information content (AvgIpc) is 3.26. The molecular formula is C18H16ClN3O4S. The molecule has 1 aromatic carbocycles. The van der Waals surface area contributed by atoms with Crippen LogP contribution >= 0.6 is 22.9 Å². The Morgan fingerprint density at radius 3 is 2.89 bits per heavy atom. The van der Waals surface area contributed by atoms with Crippen LogP contribution in [0, 0.1) is 0 Å². The number of aromatic nitrogens is 1. The lowest BCUT2D eigenvalue weighted by Crippen LogP contribution is -2.45. The predicted octanol–water partition coefficient (Wildman–Crippen LogP) is 2.75. The van der Waals surface area contributed by atoms with E-state index in [-0.39, 0.29) is 6.04 Å². The molecule has 1 aliphatic rings. The van der Waals surface area contributed by atoms with Crippen LogP contribution < -0.4 is 15.4 Å². The van der Waals surface area contributed by atoms with E-state index in [1.165, 1.54) is 11.3 Å². The Kier molecular flexibility index (Phi) is 4.77. The van der Waals surface area contributed by atoms with Crippen LogP contribution in [0.3, 0.4) is 0 Å². The topological polar surface area (TPSA) is 103 Å².